The van der Waals surface area contributed by atoms with Crippen LogP contribution in [0.25, 0.3) is 0 Å². The topological polar surface area (TPSA) is 34.1 Å². The van der Waals surface area contributed by atoms with Crippen molar-refractivity contribution < 1.29 is 0 Å². The smallest absolute Gasteiger partial charge is 0.193 e. The Morgan fingerprint density at radius 1 is 1.15 bits per heavy atom. The Bertz CT molecular complexity index is 594. The van der Waals surface area contributed by atoms with Crippen molar-refractivity contribution in [3.05, 3.63) is 35.9 Å². The first-order valence-electron chi connectivity index (χ1n) is 10.5. The van der Waals surface area contributed by atoms with Crippen LogP contribution in [0.5, 0.6) is 0 Å². The van der Waals surface area contributed by atoms with Crippen LogP contribution in [0.2, 0.25) is 0 Å². The summed E-state index contributed by atoms with van der Waals surface area (Å²) in [7, 11) is 4.12. The van der Waals surface area contributed by atoms with Gasteiger partial charge in [0.05, 0.1) is 0 Å². The Hall–Kier alpha value is -1.59. The predicted octanol–water partition coefficient (Wildman–Crippen LogP) is 2.32. The summed E-state index contributed by atoms with van der Waals surface area (Å²) in [5, 5.41) is 3.64. The number of rotatable bonds is 4. The summed E-state index contributed by atoms with van der Waals surface area (Å²) in [6.07, 6.45) is 1.19. The average Bonchev–Trinajstić information content (AvgIpc) is 2.69. The van der Waals surface area contributed by atoms with Crippen LogP contribution < -0.4 is 5.32 Å². The van der Waals surface area contributed by atoms with Crippen LogP contribution in [0.15, 0.2) is 35.3 Å². The third kappa shape index (κ3) is 5.23. The Balaban J connectivity index is 1.50. The van der Waals surface area contributed by atoms with Crippen LogP contribution in [-0.2, 0) is 0 Å². The molecule has 27 heavy (non-hydrogen) atoms. The van der Waals surface area contributed by atoms with E-state index in [9.17, 15) is 0 Å². The lowest BCUT2D eigenvalue weighted by atomic mass is 9.82. The largest absolute Gasteiger partial charge is 0.355 e. The summed E-state index contributed by atoms with van der Waals surface area (Å²) in [6, 6.07) is 11.5. The van der Waals surface area contributed by atoms with Gasteiger partial charge in [-0.15, -0.1) is 0 Å². The van der Waals surface area contributed by atoms with Crippen LogP contribution >= 0.6 is 0 Å². The molecule has 1 N–H and O–H groups in total. The number of hydrogen-bond acceptors (Lipinski definition) is 3. The minimum absolute atomic E-state index is 0.537. The minimum atomic E-state index is 0.537. The maximum atomic E-state index is 4.58. The first kappa shape index (κ1) is 20.2. The van der Waals surface area contributed by atoms with Gasteiger partial charge in [0.2, 0.25) is 0 Å². The summed E-state index contributed by atoms with van der Waals surface area (Å²) >= 11 is 0. The van der Waals surface area contributed by atoms with Gasteiger partial charge in [0.25, 0.3) is 0 Å². The van der Waals surface area contributed by atoms with Gasteiger partial charge in [0, 0.05) is 58.9 Å². The fraction of sp³-hybridized carbons (Fsp3) is 0.682. The standard InChI is InChI=1S/C22H37N5/c1-18-17-27(11-10-21(18)20-8-6-5-7-9-20)22(23-3)24-16-19(2)26-14-12-25(4)13-15-26/h5-9,18-19,21H,10-17H2,1-4H3,(H,23,24). The molecule has 0 aliphatic carbocycles. The number of piperidine rings is 1. The molecule has 2 heterocycles. The van der Waals surface area contributed by atoms with Crippen LogP contribution in [0.1, 0.15) is 31.7 Å². The number of likely N-dealkylation sites (N-methyl/N-ethyl adjacent to an activating group) is 1. The van der Waals surface area contributed by atoms with Gasteiger partial charge in [-0.3, -0.25) is 9.89 Å². The van der Waals surface area contributed by atoms with E-state index in [0.717, 1.165) is 38.7 Å². The highest BCUT2D eigenvalue weighted by molar-refractivity contribution is 5.80. The second kappa shape index (κ2) is 9.56. The Kier molecular flexibility index (Phi) is 7.13. The highest BCUT2D eigenvalue weighted by atomic mass is 15.3. The van der Waals surface area contributed by atoms with Gasteiger partial charge in [-0.25, -0.2) is 0 Å². The van der Waals surface area contributed by atoms with E-state index in [0.29, 0.717) is 17.9 Å². The number of guanidine groups is 1. The average molecular weight is 372 g/mol. The lowest BCUT2D eigenvalue weighted by Crippen LogP contribution is -2.54. The molecule has 150 valence electrons. The maximum absolute atomic E-state index is 4.58. The molecular formula is C22H37N5. The van der Waals surface area contributed by atoms with Crippen LogP contribution in [0.4, 0.5) is 0 Å². The quantitative estimate of drug-likeness (QED) is 0.651. The second-order valence-corrected chi connectivity index (χ2v) is 8.35. The summed E-state index contributed by atoms with van der Waals surface area (Å²) in [5.41, 5.74) is 1.48. The molecule has 0 saturated carbocycles. The molecular weight excluding hydrogens is 334 g/mol. The number of aliphatic imine (C=N–C) groups is 1. The van der Waals surface area contributed by atoms with E-state index in [1.54, 1.807) is 0 Å². The molecule has 1 aromatic rings. The number of hydrogen-bond donors (Lipinski definition) is 1. The van der Waals surface area contributed by atoms with Crippen molar-refractivity contribution >= 4 is 5.96 Å². The van der Waals surface area contributed by atoms with E-state index >= 15 is 0 Å². The molecule has 3 atom stereocenters. The summed E-state index contributed by atoms with van der Waals surface area (Å²) < 4.78 is 0. The van der Waals surface area contributed by atoms with Crippen molar-refractivity contribution in [1.29, 1.82) is 0 Å². The van der Waals surface area contributed by atoms with Crippen molar-refractivity contribution in [2.75, 3.05) is 59.9 Å². The first-order valence-corrected chi connectivity index (χ1v) is 10.5. The van der Waals surface area contributed by atoms with Crippen molar-refractivity contribution in [2.45, 2.75) is 32.2 Å². The maximum Gasteiger partial charge on any atom is 0.193 e. The SMILES string of the molecule is CN=C(NCC(C)N1CCN(C)CC1)N1CCC(c2ccccc2)C(C)C1. The predicted molar refractivity (Wildman–Crippen MR) is 114 cm³/mol. The molecule has 0 aromatic heterocycles. The molecule has 2 saturated heterocycles. The molecule has 5 nitrogen and oxygen atoms in total. The van der Waals surface area contributed by atoms with Crippen LogP contribution in [0, 0.1) is 5.92 Å². The molecule has 0 radical (unpaired) electrons. The molecule has 3 unspecified atom stereocenters. The lowest BCUT2D eigenvalue weighted by molar-refractivity contribution is 0.119. The van der Waals surface area contributed by atoms with Gasteiger partial charge >= 0.3 is 0 Å². The third-order valence-electron chi connectivity index (χ3n) is 6.36. The van der Waals surface area contributed by atoms with Crippen LogP contribution in [-0.4, -0.2) is 86.6 Å². The van der Waals surface area contributed by atoms with Gasteiger partial charge in [-0.2, -0.15) is 0 Å². The third-order valence-corrected chi connectivity index (χ3v) is 6.36. The number of nitrogens with one attached hydrogen (secondary N) is 1. The molecule has 2 fully saturated rings. The zero-order chi connectivity index (χ0) is 19.2. The monoisotopic (exact) mass is 371 g/mol. The number of likely N-dealkylation sites (tertiary alicyclic amines) is 1. The fourth-order valence-electron chi connectivity index (χ4n) is 4.50. The Labute approximate surface area is 165 Å². The molecule has 5 heteroatoms. The van der Waals surface area contributed by atoms with Gasteiger partial charge in [0.1, 0.15) is 0 Å². The molecule has 0 bridgehead atoms. The summed E-state index contributed by atoms with van der Waals surface area (Å²) in [5.74, 6) is 2.36. The number of nitrogens with zero attached hydrogens (tertiary/aromatic N) is 4. The molecule has 0 amide bonds. The van der Waals surface area contributed by atoms with Gasteiger partial charge in [-0.1, -0.05) is 37.3 Å². The van der Waals surface area contributed by atoms with E-state index in [2.05, 4.69) is 76.2 Å². The van der Waals surface area contributed by atoms with Gasteiger partial charge in [0.15, 0.2) is 5.96 Å². The summed E-state index contributed by atoms with van der Waals surface area (Å²) in [6.45, 7) is 12.5. The van der Waals surface area contributed by atoms with Crippen molar-refractivity contribution in [3.8, 4) is 0 Å². The zero-order valence-corrected chi connectivity index (χ0v) is 17.6. The first-order chi connectivity index (χ1) is 13.1. The lowest BCUT2D eigenvalue weighted by Gasteiger charge is -2.40. The van der Waals surface area contributed by atoms with Crippen molar-refractivity contribution in [2.24, 2.45) is 10.9 Å². The van der Waals surface area contributed by atoms with E-state index in [-0.39, 0.29) is 0 Å². The Morgan fingerprint density at radius 3 is 2.48 bits per heavy atom. The van der Waals surface area contributed by atoms with Crippen LogP contribution in [0.3, 0.4) is 0 Å². The van der Waals surface area contributed by atoms with Crippen molar-refractivity contribution in [1.82, 2.24) is 20.0 Å². The highest BCUT2D eigenvalue weighted by Crippen LogP contribution is 2.32. The summed E-state index contributed by atoms with van der Waals surface area (Å²) in [4.78, 5) is 12.0. The number of benzene rings is 1. The fourth-order valence-corrected chi connectivity index (χ4v) is 4.50. The molecule has 2 aliphatic rings. The van der Waals surface area contributed by atoms with E-state index in [1.165, 1.54) is 25.1 Å². The second-order valence-electron chi connectivity index (χ2n) is 8.35. The van der Waals surface area contributed by atoms with E-state index in [1.807, 2.05) is 7.05 Å². The normalized spacial score (nSPS) is 26.8. The zero-order valence-electron chi connectivity index (χ0n) is 17.6. The van der Waals surface area contributed by atoms with Gasteiger partial charge in [-0.05, 0) is 37.8 Å². The molecule has 0 spiro atoms. The highest BCUT2D eigenvalue weighted by Gasteiger charge is 2.29. The van der Waals surface area contributed by atoms with E-state index in [4.69, 9.17) is 0 Å². The minimum Gasteiger partial charge on any atom is -0.355 e. The van der Waals surface area contributed by atoms with E-state index < -0.39 is 0 Å². The Morgan fingerprint density at radius 2 is 1.85 bits per heavy atom. The molecule has 2 aliphatic heterocycles. The molecule has 3 rings (SSSR count). The number of piperazine rings is 1. The molecule has 1 aromatic carbocycles. The van der Waals surface area contributed by atoms with Crippen molar-refractivity contribution in [3.63, 3.8) is 0 Å². The van der Waals surface area contributed by atoms with Gasteiger partial charge < -0.3 is 15.1 Å².